The molecule has 1 aliphatic heterocycles. The Morgan fingerprint density at radius 3 is 2.56 bits per heavy atom. The van der Waals surface area contributed by atoms with E-state index in [1.807, 2.05) is 11.8 Å². The van der Waals surface area contributed by atoms with Crippen LogP contribution in [0.5, 0.6) is 0 Å². The summed E-state index contributed by atoms with van der Waals surface area (Å²) in [7, 11) is 0. The van der Waals surface area contributed by atoms with Gasteiger partial charge in [-0.2, -0.15) is 11.8 Å². The van der Waals surface area contributed by atoms with E-state index < -0.39 is 11.9 Å². The van der Waals surface area contributed by atoms with Crippen molar-refractivity contribution in [2.45, 2.75) is 44.2 Å². The Morgan fingerprint density at radius 2 is 1.89 bits per heavy atom. The van der Waals surface area contributed by atoms with Crippen LogP contribution in [0.25, 0.3) is 0 Å². The van der Waals surface area contributed by atoms with E-state index in [-0.39, 0.29) is 18.1 Å². The molecule has 0 radical (unpaired) electrons. The number of rotatable bonds is 3. The lowest BCUT2D eigenvalue weighted by Gasteiger charge is -2.29. The molecule has 3 unspecified atom stereocenters. The van der Waals surface area contributed by atoms with E-state index in [2.05, 4.69) is 10.6 Å². The quantitative estimate of drug-likeness (QED) is 0.726. The van der Waals surface area contributed by atoms with Crippen molar-refractivity contribution >= 4 is 23.8 Å². The maximum Gasteiger partial charge on any atom is 0.315 e. The van der Waals surface area contributed by atoms with Crippen LogP contribution in [0.1, 0.15) is 32.1 Å². The van der Waals surface area contributed by atoms with Crippen molar-refractivity contribution in [3.05, 3.63) is 0 Å². The number of carboxylic acids is 1. The first-order chi connectivity index (χ1) is 8.66. The highest BCUT2D eigenvalue weighted by molar-refractivity contribution is 7.99. The van der Waals surface area contributed by atoms with Gasteiger partial charge in [0.15, 0.2) is 0 Å². The molecule has 5 nitrogen and oxygen atoms in total. The first-order valence-electron chi connectivity index (χ1n) is 6.54. The van der Waals surface area contributed by atoms with E-state index in [1.54, 1.807) is 0 Å². The minimum absolute atomic E-state index is 0.208. The Hall–Kier alpha value is -0.910. The maximum absolute atomic E-state index is 11.8. The van der Waals surface area contributed by atoms with E-state index in [0.717, 1.165) is 37.2 Å². The molecule has 2 amide bonds. The number of hydrogen-bond acceptors (Lipinski definition) is 3. The third kappa shape index (κ3) is 3.54. The van der Waals surface area contributed by atoms with Gasteiger partial charge >= 0.3 is 12.0 Å². The lowest BCUT2D eigenvalue weighted by atomic mass is 9.84. The monoisotopic (exact) mass is 272 g/mol. The molecule has 2 rings (SSSR count). The molecule has 102 valence electrons. The lowest BCUT2D eigenvalue weighted by Crippen LogP contribution is -2.51. The average molecular weight is 272 g/mol. The largest absolute Gasteiger partial charge is 0.481 e. The van der Waals surface area contributed by atoms with Gasteiger partial charge in [-0.05, 0) is 25.0 Å². The molecular weight excluding hydrogens is 252 g/mol. The fraction of sp³-hybridized carbons (Fsp3) is 0.833. The van der Waals surface area contributed by atoms with E-state index in [9.17, 15) is 9.59 Å². The minimum atomic E-state index is -0.795. The molecule has 6 heteroatoms. The zero-order valence-corrected chi connectivity index (χ0v) is 11.2. The van der Waals surface area contributed by atoms with E-state index >= 15 is 0 Å². The fourth-order valence-electron chi connectivity index (χ4n) is 2.64. The van der Waals surface area contributed by atoms with Crippen LogP contribution < -0.4 is 10.6 Å². The molecule has 0 aromatic rings. The van der Waals surface area contributed by atoms with Gasteiger partial charge in [-0.15, -0.1) is 0 Å². The molecule has 0 aromatic carbocycles. The maximum atomic E-state index is 11.8. The van der Waals surface area contributed by atoms with Crippen molar-refractivity contribution in [3.8, 4) is 0 Å². The van der Waals surface area contributed by atoms with Crippen LogP contribution in [0.2, 0.25) is 0 Å². The van der Waals surface area contributed by atoms with Crippen molar-refractivity contribution in [2.24, 2.45) is 5.92 Å². The topological polar surface area (TPSA) is 78.4 Å². The molecule has 2 aliphatic rings. The third-order valence-corrected chi connectivity index (χ3v) is 4.83. The van der Waals surface area contributed by atoms with Crippen molar-refractivity contribution in [1.82, 2.24) is 10.6 Å². The fourth-order valence-corrected chi connectivity index (χ4v) is 3.80. The van der Waals surface area contributed by atoms with Crippen molar-refractivity contribution in [2.75, 3.05) is 11.5 Å². The van der Waals surface area contributed by atoms with Crippen molar-refractivity contribution < 1.29 is 14.7 Å². The molecule has 3 N–H and O–H groups in total. The van der Waals surface area contributed by atoms with Gasteiger partial charge in [-0.3, -0.25) is 4.79 Å². The number of nitrogens with one attached hydrogen (secondary N) is 2. The minimum Gasteiger partial charge on any atom is -0.481 e. The zero-order chi connectivity index (χ0) is 13.0. The Balaban J connectivity index is 1.82. The molecule has 3 atom stereocenters. The number of aliphatic carboxylic acids is 1. The van der Waals surface area contributed by atoms with Gasteiger partial charge in [0, 0.05) is 17.8 Å². The van der Waals surface area contributed by atoms with Gasteiger partial charge in [0.25, 0.3) is 0 Å². The van der Waals surface area contributed by atoms with Crippen LogP contribution in [0.4, 0.5) is 4.79 Å². The normalized spacial score (nSPS) is 31.9. The van der Waals surface area contributed by atoms with E-state index in [4.69, 9.17) is 5.11 Å². The lowest BCUT2D eigenvalue weighted by molar-refractivity contribution is -0.143. The number of thioether (sulfide) groups is 1. The Kier molecular flexibility index (Phi) is 4.74. The van der Waals surface area contributed by atoms with Crippen molar-refractivity contribution in [3.63, 3.8) is 0 Å². The first kappa shape index (κ1) is 13.5. The number of hydrogen-bond donors (Lipinski definition) is 3. The van der Waals surface area contributed by atoms with Gasteiger partial charge in [0.05, 0.1) is 5.92 Å². The molecule has 0 aromatic heterocycles. The summed E-state index contributed by atoms with van der Waals surface area (Å²) in [6.07, 6.45) is 4.37. The van der Waals surface area contributed by atoms with Crippen LogP contribution >= 0.6 is 11.8 Å². The second-order valence-electron chi connectivity index (χ2n) is 5.01. The molecular formula is C12H20N2O3S. The van der Waals surface area contributed by atoms with Crippen LogP contribution in [0, 0.1) is 5.92 Å². The van der Waals surface area contributed by atoms with E-state index in [0.29, 0.717) is 6.42 Å². The summed E-state index contributed by atoms with van der Waals surface area (Å²) in [5, 5.41) is 14.9. The Labute approximate surface area is 111 Å². The number of carbonyl (C=O) groups excluding carboxylic acids is 1. The third-order valence-electron chi connectivity index (χ3n) is 3.66. The number of carbonyl (C=O) groups is 2. The second kappa shape index (κ2) is 6.31. The smallest absolute Gasteiger partial charge is 0.315 e. The molecule has 18 heavy (non-hydrogen) atoms. The molecule has 0 spiro atoms. The summed E-state index contributed by atoms with van der Waals surface area (Å²) in [5.74, 6) is 0.825. The molecule has 1 aliphatic carbocycles. The summed E-state index contributed by atoms with van der Waals surface area (Å²) in [5.41, 5.74) is 0. The number of carboxylic acid groups (broad SMARTS) is 1. The summed E-state index contributed by atoms with van der Waals surface area (Å²) in [4.78, 5) is 22.9. The number of amides is 2. The highest BCUT2D eigenvalue weighted by Gasteiger charge is 2.32. The number of urea groups is 1. The Bertz CT molecular complexity index is 318. The van der Waals surface area contributed by atoms with Gasteiger partial charge < -0.3 is 15.7 Å². The van der Waals surface area contributed by atoms with E-state index in [1.165, 1.54) is 0 Å². The van der Waals surface area contributed by atoms with Crippen LogP contribution in [0.15, 0.2) is 0 Å². The molecule has 1 heterocycles. The van der Waals surface area contributed by atoms with Crippen LogP contribution in [-0.2, 0) is 4.79 Å². The van der Waals surface area contributed by atoms with Crippen LogP contribution in [-0.4, -0.2) is 40.7 Å². The average Bonchev–Trinajstić information content (AvgIpc) is 2.82. The standard InChI is InChI=1S/C12H20N2O3S/c15-11(16)9-3-1-2-4-10(9)14-12(17)13-8-5-6-18-7-8/h8-10H,1-7H2,(H,15,16)(H2,13,14,17). The predicted octanol–water partition coefficient (Wildman–Crippen LogP) is 1.43. The summed E-state index contributed by atoms with van der Waals surface area (Å²) in [6, 6.07) is -0.187. The first-order valence-corrected chi connectivity index (χ1v) is 7.70. The molecule has 1 saturated heterocycles. The molecule has 2 fully saturated rings. The zero-order valence-electron chi connectivity index (χ0n) is 10.4. The van der Waals surface area contributed by atoms with Gasteiger partial charge in [0.1, 0.15) is 0 Å². The van der Waals surface area contributed by atoms with Crippen LogP contribution in [0.3, 0.4) is 0 Å². The van der Waals surface area contributed by atoms with Gasteiger partial charge in [-0.25, -0.2) is 4.79 Å². The predicted molar refractivity (Wildman–Crippen MR) is 70.8 cm³/mol. The van der Waals surface area contributed by atoms with Gasteiger partial charge in [-0.1, -0.05) is 12.8 Å². The van der Waals surface area contributed by atoms with Gasteiger partial charge in [0.2, 0.25) is 0 Å². The highest BCUT2D eigenvalue weighted by Crippen LogP contribution is 2.24. The molecule has 1 saturated carbocycles. The molecule has 0 bridgehead atoms. The van der Waals surface area contributed by atoms with Crippen molar-refractivity contribution in [1.29, 1.82) is 0 Å². The highest BCUT2D eigenvalue weighted by atomic mass is 32.2. The summed E-state index contributed by atoms with van der Waals surface area (Å²) >= 11 is 1.84. The second-order valence-corrected chi connectivity index (χ2v) is 6.16. The summed E-state index contributed by atoms with van der Waals surface area (Å²) < 4.78 is 0. The summed E-state index contributed by atoms with van der Waals surface area (Å²) in [6.45, 7) is 0. The SMILES string of the molecule is O=C(NC1CCSC1)NC1CCCCC1C(=O)O. The Morgan fingerprint density at radius 1 is 1.11 bits per heavy atom.